The van der Waals surface area contributed by atoms with Gasteiger partial charge < -0.3 is 9.84 Å². The number of carboxylic acid groups (broad SMARTS) is 1. The minimum Gasteiger partial charge on any atom is -0.481 e. The summed E-state index contributed by atoms with van der Waals surface area (Å²) in [6.45, 7) is 0. The lowest BCUT2D eigenvalue weighted by atomic mass is 10.2. The maximum Gasteiger partial charge on any atom is 0.305 e. The van der Waals surface area contributed by atoms with Crippen LogP contribution in [0.25, 0.3) is 0 Å². The largest absolute Gasteiger partial charge is 0.481 e. The van der Waals surface area contributed by atoms with Crippen molar-refractivity contribution >= 4 is 11.9 Å². The van der Waals surface area contributed by atoms with Gasteiger partial charge in [0.1, 0.15) is 0 Å². The fraction of sp³-hybridized carbons (Fsp3) is 0.500. The van der Waals surface area contributed by atoms with Gasteiger partial charge in [-0.2, -0.15) is 0 Å². The van der Waals surface area contributed by atoms with Crippen LogP contribution in [0, 0.1) is 0 Å². The van der Waals surface area contributed by atoms with Crippen LogP contribution in [-0.2, 0) is 14.3 Å². The van der Waals surface area contributed by atoms with Crippen LogP contribution in [0.2, 0.25) is 0 Å². The molecule has 0 amide bonds. The van der Waals surface area contributed by atoms with Crippen LogP contribution >= 0.6 is 0 Å². The molecular formula is C20H30O4. The lowest BCUT2D eigenvalue weighted by molar-refractivity contribution is -0.140. The van der Waals surface area contributed by atoms with Crippen LogP contribution in [-0.4, -0.2) is 24.2 Å². The lowest BCUT2D eigenvalue weighted by Gasteiger charge is -1.95. The summed E-state index contributed by atoms with van der Waals surface area (Å²) in [5, 5.41) is 8.50. The van der Waals surface area contributed by atoms with Crippen LogP contribution in [0.5, 0.6) is 0 Å². The Morgan fingerprint density at radius 2 is 1.17 bits per heavy atom. The highest BCUT2D eigenvalue weighted by molar-refractivity contribution is 5.69. The van der Waals surface area contributed by atoms with Gasteiger partial charge in [0.05, 0.1) is 7.11 Å². The predicted molar refractivity (Wildman–Crippen MR) is 97.8 cm³/mol. The summed E-state index contributed by atoms with van der Waals surface area (Å²) in [6, 6.07) is 0. The minimum absolute atomic E-state index is 0.148. The van der Waals surface area contributed by atoms with E-state index in [0.29, 0.717) is 12.8 Å². The van der Waals surface area contributed by atoms with E-state index in [4.69, 9.17) is 5.11 Å². The van der Waals surface area contributed by atoms with Crippen molar-refractivity contribution in [1.82, 2.24) is 0 Å². The Kier molecular flexibility index (Phi) is 15.7. The number of carbonyl (C=O) groups is 2. The number of methoxy groups -OCH3 is 1. The molecule has 0 heterocycles. The molecule has 24 heavy (non-hydrogen) atoms. The third-order valence-electron chi connectivity index (χ3n) is 3.22. The van der Waals surface area contributed by atoms with Crippen LogP contribution in [0.1, 0.15) is 57.8 Å². The Hall–Kier alpha value is -2.10. The quantitative estimate of drug-likeness (QED) is 0.276. The average Bonchev–Trinajstić information content (AvgIpc) is 2.57. The third kappa shape index (κ3) is 18.0. The highest BCUT2D eigenvalue weighted by Crippen LogP contribution is 2.00. The Morgan fingerprint density at radius 3 is 1.58 bits per heavy atom. The molecule has 0 aliphatic heterocycles. The van der Waals surface area contributed by atoms with Gasteiger partial charge in [0.2, 0.25) is 0 Å². The maximum absolute atomic E-state index is 10.9. The Labute approximate surface area is 145 Å². The predicted octanol–water partition coefficient (Wildman–Crippen LogP) is 4.98. The summed E-state index contributed by atoms with van der Waals surface area (Å²) in [4.78, 5) is 21.2. The van der Waals surface area contributed by atoms with E-state index in [1.807, 2.05) is 6.08 Å². The van der Waals surface area contributed by atoms with Crippen molar-refractivity contribution in [2.75, 3.05) is 7.11 Å². The number of carbonyl (C=O) groups excluding carboxylic acids is 1. The first-order valence-corrected chi connectivity index (χ1v) is 8.55. The van der Waals surface area contributed by atoms with Crippen LogP contribution in [0.4, 0.5) is 0 Å². The minimum atomic E-state index is -0.730. The van der Waals surface area contributed by atoms with Crippen molar-refractivity contribution in [2.24, 2.45) is 0 Å². The molecule has 0 aromatic rings. The normalized spacial score (nSPS) is 12.0. The fourth-order valence-corrected chi connectivity index (χ4v) is 1.89. The molecular weight excluding hydrogens is 304 g/mol. The van der Waals surface area contributed by atoms with Crippen LogP contribution in [0.3, 0.4) is 0 Å². The van der Waals surface area contributed by atoms with Gasteiger partial charge in [-0.3, -0.25) is 9.59 Å². The Morgan fingerprint density at radius 1 is 0.750 bits per heavy atom. The van der Waals surface area contributed by atoms with Gasteiger partial charge in [-0.25, -0.2) is 0 Å². The SMILES string of the molecule is COC(=O)CCC/C=C\C/C=C\C/C=C\C/C=C\CCCC(=O)O. The van der Waals surface area contributed by atoms with Crippen LogP contribution in [0.15, 0.2) is 48.6 Å². The summed E-state index contributed by atoms with van der Waals surface area (Å²) in [5.41, 5.74) is 0. The van der Waals surface area contributed by atoms with Gasteiger partial charge in [0.25, 0.3) is 0 Å². The Balaban J connectivity index is 3.46. The van der Waals surface area contributed by atoms with Gasteiger partial charge in [-0.05, 0) is 44.9 Å². The second kappa shape index (κ2) is 17.3. The van der Waals surface area contributed by atoms with Crippen molar-refractivity contribution in [1.29, 1.82) is 0 Å². The van der Waals surface area contributed by atoms with E-state index in [0.717, 1.165) is 38.5 Å². The van der Waals surface area contributed by atoms with Gasteiger partial charge in [-0.15, -0.1) is 0 Å². The number of hydrogen-bond donors (Lipinski definition) is 1. The number of allylic oxidation sites excluding steroid dienone is 8. The molecule has 1 N–H and O–H groups in total. The van der Waals surface area contributed by atoms with E-state index in [2.05, 4.69) is 47.3 Å². The summed E-state index contributed by atoms with van der Waals surface area (Å²) in [6.07, 6.45) is 23.5. The van der Waals surface area contributed by atoms with Crippen LogP contribution < -0.4 is 0 Å². The summed E-state index contributed by atoms with van der Waals surface area (Å²) in [5.74, 6) is -0.878. The number of hydrogen-bond acceptors (Lipinski definition) is 3. The zero-order valence-electron chi connectivity index (χ0n) is 14.7. The van der Waals surface area contributed by atoms with E-state index < -0.39 is 5.97 Å². The number of aliphatic carboxylic acids is 1. The van der Waals surface area contributed by atoms with E-state index >= 15 is 0 Å². The molecule has 0 bridgehead atoms. The summed E-state index contributed by atoms with van der Waals surface area (Å²) in [7, 11) is 1.41. The Bertz CT molecular complexity index is 445. The van der Waals surface area contributed by atoms with Gasteiger partial charge >= 0.3 is 11.9 Å². The van der Waals surface area contributed by atoms with Gasteiger partial charge in [-0.1, -0.05) is 48.6 Å². The van der Waals surface area contributed by atoms with E-state index in [1.54, 1.807) is 0 Å². The molecule has 0 saturated heterocycles. The van der Waals surface area contributed by atoms with Crippen molar-refractivity contribution in [3.05, 3.63) is 48.6 Å². The number of rotatable bonds is 14. The average molecular weight is 334 g/mol. The number of carboxylic acids is 1. The monoisotopic (exact) mass is 334 g/mol. The molecule has 0 aromatic heterocycles. The standard InChI is InChI=1S/C20H30O4/c1-24-20(23)18-16-14-12-10-8-6-4-2-3-5-7-9-11-13-15-17-19(21)22/h3-6,9-12H,2,7-8,13-18H2,1H3,(H,21,22)/b5-3-,6-4-,11-9-,12-10-. The molecule has 0 saturated carbocycles. The highest BCUT2D eigenvalue weighted by atomic mass is 16.5. The fourth-order valence-electron chi connectivity index (χ4n) is 1.89. The molecule has 0 radical (unpaired) electrons. The molecule has 0 fully saturated rings. The molecule has 0 aromatic carbocycles. The molecule has 0 rings (SSSR count). The first kappa shape index (κ1) is 21.9. The maximum atomic E-state index is 10.9. The molecule has 0 unspecified atom stereocenters. The van der Waals surface area contributed by atoms with Crippen molar-refractivity contribution < 1.29 is 19.4 Å². The van der Waals surface area contributed by atoms with E-state index in [9.17, 15) is 9.59 Å². The molecule has 4 nitrogen and oxygen atoms in total. The zero-order chi connectivity index (χ0) is 17.9. The van der Waals surface area contributed by atoms with E-state index in [1.165, 1.54) is 7.11 Å². The molecule has 134 valence electrons. The number of esters is 1. The van der Waals surface area contributed by atoms with E-state index in [-0.39, 0.29) is 12.4 Å². The second-order valence-electron chi connectivity index (χ2n) is 5.35. The highest BCUT2D eigenvalue weighted by Gasteiger charge is 1.96. The van der Waals surface area contributed by atoms with Crippen molar-refractivity contribution in [2.45, 2.75) is 57.8 Å². The smallest absolute Gasteiger partial charge is 0.305 e. The molecule has 0 aliphatic carbocycles. The van der Waals surface area contributed by atoms with Gasteiger partial charge in [0, 0.05) is 12.8 Å². The molecule has 0 atom stereocenters. The first-order valence-electron chi connectivity index (χ1n) is 8.55. The molecule has 4 heteroatoms. The number of unbranched alkanes of at least 4 members (excludes halogenated alkanes) is 2. The summed E-state index contributed by atoms with van der Waals surface area (Å²) >= 11 is 0. The number of ether oxygens (including phenoxy) is 1. The zero-order valence-corrected chi connectivity index (χ0v) is 14.7. The van der Waals surface area contributed by atoms with Crippen molar-refractivity contribution in [3.63, 3.8) is 0 Å². The van der Waals surface area contributed by atoms with Crippen molar-refractivity contribution in [3.8, 4) is 0 Å². The second-order valence-corrected chi connectivity index (χ2v) is 5.35. The van der Waals surface area contributed by atoms with Gasteiger partial charge in [0.15, 0.2) is 0 Å². The molecule has 0 spiro atoms. The lowest BCUT2D eigenvalue weighted by Crippen LogP contribution is -1.98. The summed E-state index contributed by atoms with van der Waals surface area (Å²) < 4.78 is 4.58. The topological polar surface area (TPSA) is 63.6 Å². The third-order valence-corrected chi connectivity index (χ3v) is 3.22. The first-order chi connectivity index (χ1) is 11.7. The molecule has 0 aliphatic rings.